The van der Waals surface area contributed by atoms with Gasteiger partial charge in [0.15, 0.2) is 0 Å². The molecule has 184 valence electrons. The summed E-state index contributed by atoms with van der Waals surface area (Å²) in [6, 6.07) is 15.6. The van der Waals surface area contributed by atoms with Crippen molar-refractivity contribution < 1.29 is 52.7 Å². The minimum absolute atomic E-state index is 0.0417. The zero-order chi connectivity index (χ0) is 25.6. The molecule has 1 N–H and O–H groups in total. The van der Waals surface area contributed by atoms with Crippen LogP contribution in [0.1, 0.15) is 0 Å². The molecule has 0 saturated heterocycles. The Morgan fingerprint density at radius 2 is 1.24 bits per heavy atom. The van der Waals surface area contributed by atoms with Crippen molar-refractivity contribution in [2.24, 2.45) is 0 Å². The van der Waals surface area contributed by atoms with Crippen LogP contribution in [-0.2, 0) is 10.0 Å². The van der Waals surface area contributed by atoms with Crippen LogP contribution in [0.5, 0.6) is 11.5 Å². The zero-order valence-electron chi connectivity index (χ0n) is 16.4. The standard InChI is InChI=1S/C20H12F9NO3S/c21-17(22,19(25,26)27)18(23,24)20(28,29)34(31,32)30-13-8-10-14(11-9-13)33-16-7-3-5-12-4-1-2-6-15(12)16/h1-11,30H. The first-order valence-electron chi connectivity index (χ1n) is 8.99. The summed E-state index contributed by atoms with van der Waals surface area (Å²) in [5, 5.41) is -5.35. The van der Waals surface area contributed by atoms with Crippen molar-refractivity contribution in [3.05, 3.63) is 66.7 Å². The van der Waals surface area contributed by atoms with Gasteiger partial charge >= 0.3 is 33.3 Å². The molecular formula is C20H12F9NO3S. The highest BCUT2D eigenvalue weighted by atomic mass is 32.2. The number of anilines is 1. The smallest absolute Gasteiger partial charge is 0.457 e. The number of sulfonamides is 1. The fraction of sp³-hybridized carbons (Fsp3) is 0.200. The minimum Gasteiger partial charge on any atom is -0.457 e. The van der Waals surface area contributed by atoms with Gasteiger partial charge in [0.25, 0.3) is 0 Å². The van der Waals surface area contributed by atoms with E-state index >= 15 is 0 Å². The van der Waals surface area contributed by atoms with Gasteiger partial charge in [0.2, 0.25) is 0 Å². The molecular weight excluding hydrogens is 505 g/mol. The van der Waals surface area contributed by atoms with Gasteiger partial charge in [-0.2, -0.15) is 47.9 Å². The lowest BCUT2D eigenvalue weighted by molar-refractivity contribution is -0.382. The number of alkyl halides is 9. The molecule has 0 aliphatic carbocycles. The first-order chi connectivity index (χ1) is 15.5. The molecule has 34 heavy (non-hydrogen) atoms. The second-order valence-corrected chi connectivity index (χ2v) is 8.60. The summed E-state index contributed by atoms with van der Waals surface area (Å²) in [7, 11) is -6.77. The molecule has 0 atom stereocenters. The van der Waals surface area contributed by atoms with Crippen LogP contribution in [0.2, 0.25) is 0 Å². The van der Waals surface area contributed by atoms with E-state index in [4.69, 9.17) is 4.74 Å². The van der Waals surface area contributed by atoms with Gasteiger partial charge in [-0.3, -0.25) is 4.72 Å². The molecule has 0 radical (unpaired) electrons. The molecule has 0 spiro atoms. The van der Waals surface area contributed by atoms with Crippen LogP contribution >= 0.6 is 0 Å². The summed E-state index contributed by atoms with van der Waals surface area (Å²) in [6.45, 7) is 0. The van der Waals surface area contributed by atoms with Crippen LogP contribution in [-0.4, -0.2) is 31.7 Å². The van der Waals surface area contributed by atoms with Gasteiger partial charge < -0.3 is 4.74 Å². The van der Waals surface area contributed by atoms with Crippen LogP contribution in [0, 0.1) is 0 Å². The van der Waals surface area contributed by atoms with Crippen LogP contribution in [0.3, 0.4) is 0 Å². The summed E-state index contributed by atoms with van der Waals surface area (Å²) in [5.74, 6) is -14.3. The van der Waals surface area contributed by atoms with Gasteiger partial charge in [0, 0.05) is 11.1 Å². The molecule has 4 nitrogen and oxygen atoms in total. The van der Waals surface area contributed by atoms with E-state index in [2.05, 4.69) is 0 Å². The van der Waals surface area contributed by atoms with Crippen molar-refractivity contribution in [3.63, 3.8) is 0 Å². The summed E-state index contributed by atoms with van der Waals surface area (Å²) < 4.78 is 147. The number of rotatable bonds is 7. The summed E-state index contributed by atoms with van der Waals surface area (Å²) >= 11 is 0. The number of halogens is 9. The Labute approximate surface area is 186 Å². The molecule has 3 rings (SSSR count). The second kappa shape index (κ2) is 8.25. The maximum atomic E-state index is 13.8. The molecule has 0 aliphatic heterocycles. The third kappa shape index (κ3) is 4.21. The molecule has 14 heteroatoms. The van der Waals surface area contributed by atoms with Gasteiger partial charge in [0.05, 0.1) is 0 Å². The molecule has 0 fully saturated rings. The first-order valence-corrected chi connectivity index (χ1v) is 10.5. The van der Waals surface area contributed by atoms with Gasteiger partial charge in [-0.25, -0.2) is 0 Å². The SMILES string of the molecule is O=S(=O)(Nc1ccc(Oc2cccc3ccccc23)cc1)C(F)(F)C(F)(F)C(F)(F)C(F)(F)F. The van der Waals surface area contributed by atoms with Crippen LogP contribution in [0.25, 0.3) is 10.8 Å². The molecule has 0 saturated carbocycles. The molecule has 0 unspecified atom stereocenters. The zero-order valence-corrected chi connectivity index (χ0v) is 17.2. The summed E-state index contributed by atoms with van der Waals surface area (Å²) in [6.07, 6.45) is -7.14. The number of benzene rings is 3. The van der Waals surface area contributed by atoms with E-state index in [1.54, 1.807) is 42.5 Å². The monoisotopic (exact) mass is 517 g/mol. The predicted molar refractivity (Wildman–Crippen MR) is 104 cm³/mol. The maximum Gasteiger partial charge on any atom is 0.460 e. The Hall–Kier alpha value is -3.16. The highest BCUT2D eigenvalue weighted by Gasteiger charge is 2.85. The highest BCUT2D eigenvalue weighted by molar-refractivity contribution is 7.93. The van der Waals surface area contributed by atoms with Gasteiger partial charge in [-0.1, -0.05) is 36.4 Å². The van der Waals surface area contributed by atoms with Gasteiger partial charge in [-0.05, 0) is 35.7 Å². The molecule has 3 aromatic carbocycles. The van der Waals surface area contributed by atoms with Crippen molar-refractivity contribution in [2.45, 2.75) is 23.3 Å². The normalized spacial score (nSPS) is 13.7. The van der Waals surface area contributed by atoms with Crippen LogP contribution < -0.4 is 9.46 Å². The van der Waals surface area contributed by atoms with Gasteiger partial charge in [0.1, 0.15) is 11.5 Å². The lowest BCUT2D eigenvalue weighted by atomic mass is 10.1. The average molecular weight is 517 g/mol. The predicted octanol–water partition coefficient (Wildman–Crippen LogP) is 6.80. The van der Waals surface area contributed by atoms with E-state index in [-0.39, 0.29) is 5.75 Å². The molecule has 3 aromatic rings. The lowest BCUT2D eigenvalue weighted by Gasteiger charge is -2.33. The lowest BCUT2D eigenvalue weighted by Crippen LogP contribution is -2.64. The number of nitrogens with one attached hydrogen (secondary N) is 1. The molecule has 0 aliphatic rings. The van der Waals surface area contributed by atoms with Crippen molar-refractivity contribution in [2.75, 3.05) is 4.72 Å². The Bertz CT molecular complexity index is 1290. The highest BCUT2D eigenvalue weighted by Crippen LogP contribution is 2.54. The fourth-order valence-electron chi connectivity index (χ4n) is 2.75. The molecule has 0 heterocycles. The van der Waals surface area contributed by atoms with Crippen molar-refractivity contribution >= 4 is 26.5 Å². The fourth-order valence-corrected chi connectivity index (χ4v) is 3.79. The number of hydrogen-bond donors (Lipinski definition) is 1. The Morgan fingerprint density at radius 3 is 1.82 bits per heavy atom. The largest absolute Gasteiger partial charge is 0.460 e. The minimum atomic E-state index is -7.34. The molecule has 0 bridgehead atoms. The van der Waals surface area contributed by atoms with E-state index in [9.17, 15) is 47.9 Å². The number of fused-ring (bicyclic) bond motifs is 1. The summed E-state index contributed by atoms with van der Waals surface area (Å²) in [4.78, 5) is 0. The third-order valence-electron chi connectivity index (χ3n) is 4.54. The van der Waals surface area contributed by atoms with Crippen molar-refractivity contribution in [1.82, 2.24) is 0 Å². The summed E-state index contributed by atoms with van der Waals surface area (Å²) in [5.41, 5.74) is -0.823. The van der Waals surface area contributed by atoms with E-state index in [1.165, 1.54) is 0 Å². The first kappa shape index (κ1) is 25.5. The van der Waals surface area contributed by atoms with Crippen molar-refractivity contribution in [1.29, 1.82) is 0 Å². The van der Waals surface area contributed by atoms with E-state index < -0.39 is 39.0 Å². The quantitative estimate of drug-likeness (QED) is 0.351. The van der Waals surface area contributed by atoms with Crippen molar-refractivity contribution in [3.8, 4) is 11.5 Å². The third-order valence-corrected chi connectivity index (χ3v) is 5.97. The van der Waals surface area contributed by atoms with E-state index in [1.807, 2.05) is 0 Å². The van der Waals surface area contributed by atoms with E-state index in [0.29, 0.717) is 11.1 Å². The Balaban J connectivity index is 1.84. The molecule has 0 aromatic heterocycles. The topological polar surface area (TPSA) is 55.4 Å². The maximum absolute atomic E-state index is 13.8. The van der Waals surface area contributed by atoms with Gasteiger partial charge in [-0.15, -0.1) is 0 Å². The Kier molecular flexibility index (Phi) is 6.18. The Morgan fingerprint density at radius 1 is 0.676 bits per heavy atom. The molecule has 0 amide bonds. The van der Waals surface area contributed by atoms with Crippen LogP contribution in [0.15, 0.2) is 66.7 Å². The van der Waals surface area contributed by atoms with Crippen LogP contribution in [0.4, 0.5) is 45.2 Å². The number of ether oxygens (including phenoxy) is 1. The number of hydrogen-bond acceptors (Lipinski definition) is 3. The second-order valence-electron chi connectivity index (χ2n) is 6.87. The average Bonchev–Trinajstić information content (AvgIpc) is 2.74. The van der Waals surface area contributed by atoms with E-state index in [0.717, 1.165) is 34.4 Å².